The van der Waals surface area contributed by atoms with Crippen molar-refractivity contribution in [3.05, 3.63) is 23.8 Å². The van der Waals surface area contributed by atoms with Gasteiger partial charge in [-0.05, 0) is 24.0 Å². The maximum Gasteiger partial charge on any atom is 0.257 e. The third kappa shape index (κ3) is 3.65. The van der Waals surface area contributed by atoms with Crippen LogP contribution in [-0.2, 0) is 0 Å². The van der Waals surface area contributed by atoms with Gasteiger partial charge in [-0.1, -0.05) is 13.8 Å². The van der Waals surface area contributed by atoms with Crippen LogP contribution < -0.4 is 15.2 Å². The summed E-state index contributed by atoms with van der Waals surface area (Å²) in [7, 11) is 3.15. The minimum atomic E-state index is -0.0758. The Balaban J connectivity index is 0.00000242. The molecule has 1 fully saturated rings. The number of hydrogen-bond acceptors (Lipinski definition) is 4. The first-order valence-electron chi connectivity index (χ1n) is 7.16. The number of likely N-dealkylation sites (tertiary alicyclic amines) is 1. The summed E-state index contributed by atoms with van der Waals surface area (Å²) < 4.78 is 10.5. The number of rotatable bonds is 3. The minimum Gasteiger partial charge on any atom is -0.497 e. The predicted molar refractivity (Wildman–Crippen MR) is 89.1 cm³/mol. The quantitative estimate of drug-likeness (QED) is 0.925. The number of nitrogens with two attached hydrogens (primary N) is 1. The summed E-state index contributed by atoms with van der Waals surface area (Å²) in [5.41, 5.74) is 6.61. The van der Waals surface area contributed by atoms with E-state index in [9.17, 15) is 4.79 Å². The molecule has 2 rings (SSSR count). The zero-order valence-corrected chi connectivity index (χ0v) is 14.4. The van der Waals surface area contributed by atoms with Gasteiger partial charge in [-0.25, -0.2) is 0 Å². The Labute approximate surface area is 138 Å². The predicted octanol–water partition coefficient (Wildman–Crippen LogP) is 2.33. The van der Waals surface area contributed by atoms with Gasteiger partial charge in [-0.3, -0.25) is 4.79 Å². The molecule has 5 nitrogen and oxygen atoms in total. The summed E-state index contributed by atoms with van der Waals surface area (Å²) >= 11 is 0. The topological polar surface area (TPSA) is 64.8 Å². The van der Waals surface area contributed by atoms with Gasteiger partial charge in [-0.2, -0.15) is 0 Å². The lowest BCUT2D eigenvalue weighted by atomic mass is 9.79. The Hall–Kier alpha value is -1.46. The van der Waals surface area contributed by atoms with Crippen molar-refractivity contribution < 1.29 is 14.3 Å². The number of amides is 1. The van der Waals surface area contributed by atoms with Crippen LogP contribution in [0.5, 0.6) is 11.5 Å². The number of halogens is 1. The van der Waals surface area contributed by atoms with E-state index in [1.54, 1.807) is 32.4 Å². The van der Waals surface area contributed by atoms with Crippen molar-refractivity contribution in [2.24, 2.45) is 11.1 Å². The molecule has 1 heterocycles. The van der Waals surface area contributed by atoms with Crippen molar-refractivity contribution in [2.45, 2.75) is 26.3 Å². The van der Waals surface area contributed by atoms with E-state index < -0.39 is 0 Å². The van der Waals surface area contributed by atoms with E-state index in [2.05, 4.69) is 13.8 Å². The third-order valence-electron chi connectivity index (χ3n) is 4.24. The van der Waals surface area contributed by atoms with E-state index in [0.717, 1.165) is 6.42 Å². The van der Waals surface area contributed by atoms with E-state index in [0.29, 0.717) is 30.2 Å². The lowest BCUT2D eigenvalue weighted by Gasteiger charge is -2.42. The average Bonchev–Trinajstić information content (AvgIpc) is 2.48. The molecule has 0 spiro atoms. The Morgan fingerprint density at radius 1 is 1.32 bits per heavy atom. The molecule has 1 aromatic rings. The van der Waals surface area contributed by atoms with E-state index >= 15 is 0 Å². The van der Waals surface area contributed by atoms with Crippen molar-refractivity contribution in [2.75, 3.05) is 27.3 Å². The normalized spacial score (nSPS) is 20.0. The zero-order valence-electron chi connectivity index (χ0n) is 13.6. The molecule has 124 valence electrons. The molecule has 1 aliphatic rings. The molecule has 0 bridgehead atoms. The first kappa shape index (κ1) is 18.6. The van der Waals surface area contributed by atoms with Gasteiger partial charge in [0.1, 0.15) is 11.5 Å². The van der Waals surface area contributed by atoms with E-state index in [4.69, 9.17) is 15.2 Å². The SMILES string of the molecule is COc1ccc(C(=O)N2CCC(N)C(C)(C)C2)c(OC)c1.Cl. The van der Waals surface area contributed by atoms with Crippen molar-refractivity contribution >= 4 is 18.3 Å². The lowest BCUT2D eigenvalue weighted by molar-refractivity contribution is 0.0530. The summed E-state index contributed by atoms with van der Waals surface area (Å²) in [6.07, 6.45) is 0.817. The number of piperidine rings is 1. The van der Waals surface area contributed by atoms with E-state index in [-0.39, 0.29) is 29.8 Å². The summed E-state index contributed by atoms with van der Waals surface area (Å²) in [5, 5.41) is 0. The summed E-state index contributed by atoms with van der Waals surface area (Å²) in [6, 6.07) is 5.38. The van der Waals surface area contributed by atoms with Gasteiger partial charge in [-0.15, -0.1) is 12.4 Å². The second-order valence-electron chi connectivity index (χ2n) is 6.18. The highest BCUT2D eigenvalue weighted by Crippen LogP contribution is 2.31. The summed E-state index contributed by atoms with van der Waals surface area (Å²) in [4.78, 5) is 14.6. The van der Waals surface area contributed by atoms with E-state index in [1.807, 2.05) is 4.90 Å². The van der Waals surface area contributed by atoms with Crippen LogP contribution in [0, 0.1) is 5.41 Å². The monoisotopic (exact) mass is 328 g/mol. The molecular formula is C16H25ClN2O3. The molecule has 0 saturated carbocycles. The van der Waals surface area contributed by atoms with Crippen LogP contribution in [-0.4, -0.2) is 44.2 Å². The fourth-order valence-electron chi connectivity index (χ4n) is 2.69. The maximum atomic E-state index is 12.7. The molecule has 0 radical (unpaired) electrons. The largest absolute Gasteiger partial charge is 0.497 e. The Morgan fingerprint density at radius 3 is 2.55 bits per heavy atom. The smallest absolute Gasteiger partial charge is 0.257 e. The van der Waals surface area contributed by atoms with Crippen LogP contribution in [0.1, 0.15) is 30.6 Å². The number of methoxy groups -OCH3 is 2. The highest BCUT2D eigenvalue weighted by atomic mass is 35.5. The van der Waals surface area contributed by atoms with Gasteiger partial charge in [0.05, 0.1) is 19.8 Å². The molecule has 1 aliphatic heterocycles. The number of ether oxygens (including phenoxy) is 2. The molecule has 22 heavy (non-hydrogen) atoms. The molecule has 1 unspecified atom stereocenters. The van der Waals surface area contributed by atoms with E-state index in [1.165, 1.54) is 0 Å². The van der Waals surface area contributed by atoms with Crippen molar-refractivity contribution in [1.82, 2.24) is 4.90 Å². The van der Waals surface area contributed by atoms with Gasteiger partial charge in [0.25, 0.3) is 5.91 Å². The second-order valence-corrected chi connectivity index (χ2v) is 6.18. The number of carbonyl (C=O) groups is 1. The molecule has 0 aromatic heterocycles. The fraction of sp³-hybridized carbons (Fsp3) is 0.562. The standard InChI is InChI=1S/C16H24N2O3.ClH/c1-16(2)10-18(8-7-14(16)17)15(19)12-6-5-11(20-3)9-13(12)21-4;/h5-6,9,14H,7-8,10,17H2,1-4H3;1H. The maximum absolute atomic E-state index is 12.7. The molecule has 1 atom stereocenters. The first-order chi connectivity index (χ1) is 9.89. The molecule has 0 aliphatic carbocycles. The molecular weight excluding hydrogens is 304 g/mol. The van der Waals surface area contributed by atoms with Gasteiger partial charge >= 0.3 is 0 Å². The van der Waals surface area contributed by atoms with Gasteiger partial charge in [0.2, 0.25) is 0 Å². The Morgan fingerprint density at radius 2 is 2.00 bits per heavy atom. The summed E-state index contributed by atoms with van der Waals surface area (Å²) in [6.45, 7) is 5.53. The molecule has 2 N–H and O–H groups in total. The molecule has 1 aromatic carbocycles. The highest BCUT2D eigenvalue weighted by Gasteiger charge is 2.36. The van der Waals surface area contributed by atoms with Gasteiger partial charge < -0.3 is 20.1 Å². The highest BCUT2D eigenvalue weighted by molar-refractivity contribution is 5.97. The van der Waals surface area contributed by atoms with Gasteiger partial charge in [0.15, 0.2) is 0 Å². The van der Waals surface area contributed by atoms with Crippen LogP contribution in [0.15, 0.2) is 18.2 Å². The molecule has 1 saturated heterocycles. The zero-order chi connectivity index (χ0) is 15.6. The molecule has 1 amide bonds. The van der Waals surface area contributed by atoms with Gasteiger partial charge in [0, 0.05) is 25.2 Å². The number of benzene rings is 1. The van der Waals surface area contributed by atoms with Crippen LogP contribution in [0.25, 0.3) is 0 Å². The number of hydrogen-bond donors (Lipinski definition) is 1. The van der Waals surface area contributed by atoms with Crippen molar-refractivity contribution in [3.8, 4) is 11.5 Å². The number of carbonyl (C=O) groups excluding carboxylic acids is 1. The minimum absolute atomic E-state index is 0. The lowest BCUT2D eigenvalue weighted by Crippen LogP contribution is -2.54. The van der Waals surface area contributed by atoms with Crippen LogP contribution in [0.2, 0.25) is 0 Å². The van der Waals surface area contributed by atoms with Crippen LogP contribution in [0.4, 0.5) is 0 Å². The second kappa shape index (κ2) is 7.20. The van der Waals surface area contributed by atoms with Crippen LogP contribution in [0.3, 0.4) is 0 Å². The molecule has 6 heteroatoms. The summed E-state index contributed by atoms with van der Waals surface area (Å²) in [5.74, 6) is 1.19. The number of nitrogens with zero attached hydrogens (tertiary/aromatic N) is 1. The fourth-order valence-corrected chi connectivity index (χ4v) is 2.69. The Bertz CT molecular complexity index is 534. The van der Waals surface area contributed by atoms with Crippen molar-refractivity contribution in [3.63, 3.8) is 0 Å². The Kier molecular flexibility index (Phi) is 6.08. The van der Waals surface area contributed by atoms with Crippen LogP contribution >= 0.6 is 12.4 Å². The van der Waals surface area contributed by atoms with Crippen molar-refractivity contribution in [1.29, 1.82) is 0 Å². The average molecular weight is 329 g/mol. The third-order valence-corrected chi connectivity index (χ3v) is 4.24. The first-order valence-corrected chi connectivity index (χ1v) is 7.16.